The summed E-state index contributed by atoms with van der Waals surface area (Å²) in [5, 5.41) is 11.0. The van der Waals surface area contributed by atoms with Crippen LogP contribution < -0.4 is 10.6 Å². The number of nitrogens with one attached hydrogen (secondary N) is 1. The van der Waals surface area contributed by atoms with E-state index < -0.39 is 0 Å². The molecule has 0 atom stereocenters. The molecule has 1 saturated heterocycles. The van der Waals surface area contributed by atoms with Crippen molar-refractivity contribution in [3.8, 4) is 11.3 Å². The Kier molecular flexibility index (Phi) is 4.17. The van der Waals surface area contributed by atoms with Crippen molar-refractivity contribution in [2.24, 2.45) is 5.73 Å². The zero-order valence-corrected chi connectivity index (χ0v) is 15.3. The highest BCUT2D eigenvalue weighted by molar-refractivity contribution is 5.95. The molecule has 0 saturated carbocycles. The predicted molar refractivity (Wildman–Crippen MR) is 104 cm³/mol. The van der Waals surface area contributed by atoms with Crippen molar-refractivity contribution in [2.45, 2.75) is 38.8 Å². The highest BCUT2D eigenvalue weighted by atomic mass is 16.3. The maximum atomic E-state index is 9.92. The molecule has 6 heteroatoms. The topological polar surface area (TPSA) is 91.1 Å². The number of hydrogen-bond donors (Lipinski definition) is 3. The zero-order valence-electron chi connectivity index (χ0n) is 15.3. The lowest BCUT2D eigenvalue weighted by Crippen LogP contribution is -2.48. The second kappa shape index (κ2) is 6.37. The number of fused-ring (bicyclic) bond motifs is 1. The Balaban J connectivity index is 1.75. The van der Waals surface area contributed by atoms with Gasteiger partial charge in [0, 0.05) is 41.3 Å². The molecule has 0 amide bonds. The number of para-hydroxylation sites is 1. The highest BCUT2D eigenvalue weighted by Gasteiger charge is 2.28. The van der Waals surface area contributed by atoms with Crippen molar-refractivity contribution >= 4 is 16.7 Å². The van der Waals surface area contributed by atoms with Gasteiger partial charge >= 0.3 is 0 Å². The molecule has 1 aromatic carbocycles. The predicted octanol–water partition coefficient (Wildman–Crippen LogP) is 2.74. The fourth-order valence-electron chi connectivity index (χ4n) is 3.65. The molecule has 26 heavy (non-hydrogen) atoms. The van der Waals surface area contributed by atoms with Crippen LogP contribution in [0.25, 0.3) is 22.2 Å². The van der Waals surface area contributed by atoms with Crippen molar-refractivity contribution in [3.63, 3.8) is 0 Å². The van der Waals surface area contributed by atoms with Gasteiger partial charge in [-0.2, -0.15) is 0 Å². The van der Waals surface area contributed by atoms with Gasteiger partial charge in [0.15, 0.2) is 5.82 Å². The maximum absolute atomic E-state index is 9.92. The molecule has 0 spiro atoms. The van der Waals surface area contributed by atoms with Crippen LogP contribution in [0.2, 0.25) is 0 Å². The molecule has 1 fully saturated rings. The summed E-state index contributed by atoms with van der Waals surface area (Å²) in [4.78, 5) is 15.1. The first-order chi connectivity index (χ1) is 12.5. The summed E-state index contributed by atoms with van der Waals surface area (Å²) in [7, 11) is 0. The van der Waals surface area contributed by atoms with Crippen LogP contribution in [-0.4, -0.2) is 38.7 Å². The van der Waals surface area contributed by atoms with Crippen LogP contribution in [-0.2, 0) is 6.61 Å². The van der Waals surface area contributed by atoms with Crippen molar-refractivity contribution in [3.05, 3.63) is 41.9 Å². The maximum Gasteiger partial charge on any atom is 0.153 e. The Hall–Kier alpha value is -2.44. The van der Waals surface area contributed by atoms with Gasteiger partial charge in [-0.05, 0) is 32.8 Å². The number of aryl methyl sites for hydroxylation is 1. The van der Waals surface area contributed by atoms with Gasteiger partial charge in [0.2, 0.25) is 0 Å². The average molecular weight is 351 g/mol. The summed E-state index contributed by atoms with van der Waals surface area (Å²) in [6, 6.07) is 8.13. The molecule has 0 bridgehead atoms. The molecule has 2 aromatic heterocycles. The number of aromatic amines is 1. The summed E-state index contributed by atoms with van der Waals surface area (Å²) < 4.78 is 0. The van der Waals surface area contributed by atoms with E-state index in [0.29, 0.717) is 5.69 Å². The number of aromatic nitrogens is 3. The van der Waals surface area contributed by atoms with E-state index in [-0.39, 0.29) is 12.1 Å². The van der Waals surface area contributed by atoms with E-state index in [4.69, 9.17) is 15.7 Å². The van der Waals surface area contributed by atoms with Gasteiger partial charge in [-0.1, -0.05) is 18.2 Å². The molecule has 0 aliphatic carbocycles. The molecule has 1 aliphatic rings. The summed E-state index contributed by atoms with van der Waals surface area (Å²) >= 11 is 0. The number of rotatable bonds is 3. The second-order valence-electron chi connectivity index (χ2n) is 7.48. The Bertz CT molecular complexity index is 937. The van der Waals surface area contributed by atoms with Gasteiger partial charge in [-0.3, -0.25) is 0 Å². The van der Waals surface area contributed by atoms with Crippen LogP contribution >= 0.6 is 0 Å². The first-order valence-electron chi connectivity index (χ1n) is 9.07. The molecule has 6 nitrogen and oxygen atoms in total. The third-order valence-corrected chi connectivity index (χ3v) is 5.32. The first kappa shape index (κ1) is 17.0. The minimum atomic E-state index is -0.131. The Morgan fingerprint density at radius 2 is 1.96 bits per heavy atom. The molecule has 4 N–H and O–H groups in total. The van der Waals surface area contributed by atoms with Gasteiger partial charge in [0.1, 0.15) is 5.69 Å². The Labute approximate surface area is 153 Å². The van der Waals surface area contributed by atoms with Crippen molar-refractivity contribution < 1.29 is 5.11 Å². The first-order valence-corrected chi connectivity index (χ1v) is 9.07. The van der Waals surface area contributed by atoms with Gasteiger partial charge in [-0.25, -0.2) is 9.97 Å². The van der Waals surface area contributed by atoms with Crippen LogP contribution in [0.15, 0.2) is 30.5 Å². The van der Waals surface area contributed by atoms with Gasteiger partial charge in [0.05, 0.1) is 18.0 Å². The number of hydrogen-bond acceptors (Lipinski definition) is 5. The van der Waals surface area contributed by atoms with Crippen LogP contribution in [0.5, 0.6) is 0 Å². The number of benzene rings is 1. The number of nitrogens with two attached hydrogens (primary N) is 1. The molecule has 3 heterocycles. The summed E-state index contributed by atoms with van der Waals surface area (Å²) in [5.74, 6) is 0.782. The lowest BCUT2D eigenvalue weighted by molar-refractivity contribution is 0.275. The van der Waals surface area contributed by atoms with Gasteiger partial charge in [0.25, 0.3) is 0 Å². The number of aliphatic hydroxyl groups excluding tert-OH is 1. The van der Waals surface area contributed by atoms with Crippen molar-refractivity contribution in [2.75, 3.05) is 18.0 Å². The monoisotopic (exact) mass is 351 g/mol. The zero-order chi connectivity index (χ0) is 18.3. The van der Waals surface area contributed by atoms with E-state index in [2.05, 4.69) is 22.9 Å². The van der Waals surface area contributed by atoms with Crippen LogP contribution in [0.4, 0.5) is 5.82 Å². The number of piperidine rings is 1. The van der Waals surface area contributed by atoms with Gasteiger partial charge < -0.3 is 20.7 Å². The lowest BCUT2D eigenvalue weighted by atomic mass is 9.91. The number of aliphatic hydroxyl groups is 1. The second-order valence-corrected chi connectivity index (χ2v) is 7.48. The summed E-state index contributed by atoms with van der Waals surface area (Å²) in [6.45, 7) is 5.61. The highest BCUT2D eigenvalue weighted by Crippen LogP contribution is 2.32. The Morgan fingerprint density at radius 3 is 2.69 bits per heavy atom. The van der Waals surface area contributed by atoms with Crippen molar-refractivity contribution in [1.29, 1.82) is 0 Å². The summed E-state index contributed by atoms with van der Waals surface area (Å²) in [5.41, 5.74) is 10.5. The number of nitrogens with zero attached hydrogens (tertiary/aromatic N) is 3. The van der Waals surface area contributed by atoms with E-state index in [1.807, 2.05) is 31.3 Å². The normalized spacial score (nSPS) is 17.0. The number of anilines is 1. The van der Waals surface area contributed by atoms with E-state index >= 15 is 0 Å². The smallest absolute Gasteiger partial charge is 0.153 e. The molecule has 4 rings (SSSR count). The van der Waals surface area contributed by atoms with E-state index in [1.54, 1.807) is 0 Å². The summed E-state index contributed by atoms with van der Waals surface area (Å²) in [6.07, 6.45) is 3.77. The SMILES string of the molecule is Cc1nc(N2CCC(C)(N)CC2)c(CO)nc1-c1c[nH]c2ccccc12. The molecule has 0 radical (unpaired) electrons. The van der Waals surface area contributed by atoms with Crippen LogP contribution in [0.3, 0.4) is 0 Å². The fraction of sp³-hybridized carbons (Fsp3) is 0.400. The quantitative estimate of drug-likeness (QED) is 0.675. The van der Waals surface area contributed by atoms with Crippen LogP contribution in [0, 0.1) is 6.92 Å². The molecule has 3 aromatic rings. The van der Waals surface area contributed by atoms with Crippen molar-refractivity contribution in [1.82, 2.24) is 15.0 Å². The molecular formula is C20H25N5O. The molecule has 0 unspecified atom stereocenters. The third-order valence-electron chi connectivity index (χ3n) is 5.32. The molecule has 1 aliphatic heterocycles. The number of H-pyrrole nitrogens is 1. The standard InChI is InChI=1S/C20H25N5O/c1-13-18(15-11-22-16-6-4-3-5-14(15)16)24-17(12-26)19(23-13)25-9-7-20(2,21)8-10-25/h3-6,11,22,26H,7-10,12,21H2,1-2H3. The molecular weight excluding hydrogens is 326 g/mol. The third kappa shape index (κ3) is 2.95. The van der Waals surface area contributed by atoms with Crippen LogP contribution in [0.1, 0.15) is 31.2 Å². The van der Waals surface area contributed by atoms with Gasteiger partial charge in [-0.15, -0.1) is 0 Å². The Morgan fingerprint density at radius 1 is 1.23 bits per heavy atom. The average Bonchev–Trinajstić information content (AvgIpc) is 3.05. The lowest BCUT2D eigenvalue weighted by Gasteiger charge is -2.38. The molecule has 136 valence electrons. The fourth-order valence-corrected chi connectivity index (χ4v) is 3.65. The largest absolute Gasteiger partial charge is 0.390 e. The minimum Gasteiger partial charge on any atom is -0.390 e. The van der Waals surface area contributed by atoms with E-state index in [0.717, 1.165) is 59.6 Å². The minimum absolute atomic E-state index is 0.123. The van der Waals surface area contributed by atoms with E-state index in [1.165, 1.54) is 0 Å². The van der Waals surface area contributed by atoms with E-state index in [9.17, 15) is 5.11 Å².